The fraction of sp³-hybridized carbons (Fsp3) is 0.353. The van der Waals surface area contributed by atoms with E-state index in [0.29, 0.717) is 46.6 Å². The van der Waals surface area contributed by atoms with Gasteiger partial charge in [-0.1, -0.05) is 6.58 Å². The van der Waals surface area contributed by atoms with Gasteiger partial charge < -0.3 is 35.0 Å². The predicted octanol–water partition coefficient (Wildman–Crippen LogP) is 5.79. The number of nitrogens with zero attached hydrogens (tertiary/aromatic N) is 5. The first kappa shape index (κ1) is 34.1. The fourth-order valence-electron chi connectivity index (χ4n) is 5.34. The van der Waals surface area contributed by atoms with E-state index in [-0.39, 0.29) is 0 Å². The molecule has 0 unspecified atom stereocenters. The number of rotatable bonds is 9. The summed E-state index contributed by atoms with van der Waals surface area (Å²) in [4.78, 5) is 26.9. The second-order valence-electron chi connectivity index (χ2n) is 10.8. The Morgan fingerprint density at radius 1 is 0.978 bits per heavy atom. The van der Waals surface area contributed by atoms with Crippen LogP contribution in [0.15, 0.2) is 67.6 Å². The van der Waals surface area contributed by atoms with Gasteiger partial charge in [0, 0.05) is 56.0 Å². The zero-order valence-electron chi connectivity index (χ0n) is 26.6. The molecule has 2 saturated heterocycles. The molecule has 2 aromatic carbocycles. The minimum atomic E-state index is -0.448. The third-order valence-electron chi connectivity index (χ3n) is 7.71. The van der Waals surface area contributed by atoms with Gasteiger partial charge in [0.15, 0.2) is 0 Å². The number of nitrogens with one attached hydrogen (secondary N) is 2. The summed E-state index contributed by atoms with van der Waals surface area (Å²) in [7, 11) is 4.80. The lowest BCUT2D eigenvalue weighted by molar-refractivity contribution is -0.104. The number of aromatic nitrogens is 3. The van der Waals surface area contributed by atoms with E-state index in [1.54, 1.807) is 31.5 Å². The molecule has 4 heterocycles. The van der Waals surface area contributed by atoms with Crippen LogP contribution in [-0.4, -0.2) is 84.7 Å². The van der Waals surface area contributed by atoms with Gasteiger partial charge in [-0.3, -0.25) is 4.79 Å². The average Bonchev–Trinajstić information content (AvgIpc) is 3.64. The number of likely N-dealkylation sites (tertiary alicyclic amines) is 1. The number of halogens is 1. The number of carbonyl (C=O) groups is 1. The van der Waals surface area contributed by atoms with Crippen molar-refractivity contribution in [2.75, 3.05) is 63.0 Å². The summed E-state index contributed by atoms with van der Waals surface area (Å²) in [5.41, 5.74) is 1.87. The fourth-order valence-corrected chi connectivity index (χ4v) is 5.34. The number of hydrogen-bond donors (Lipinski definition) is 3. The summed E-state index contributed by atoms with van der Waals surface area (Å²) in [5.74, 6) is 2.69. The van der Waals surface area contributed by atoms with Crippen molar-refractivity contribution in [1.82, 2.24) is 19.9 Å². The quantitative estimate of drug-likeness (QED) is 0.153. The topological polar surface area (TPSA) is 125 Å². The normalized spacial score (nSPS) is 14.8. The van der Waals surface area contributed by atoms with E-state index >= 15 is 4.39 Å². The molecule has 2 aliphatic heterocycles. The number of carbonyl (C=O) groups excluding carboxylic acids is 1. The Bertz CT molecular complexity index is 1590. The molecule has 11 nitrogen and oxygen atoms in total. The van der Waals surface area contributed by atoms with Gasteiger partial charge in [0.1, 0.15) is 47.3 Å². The van der Waals surface area contributed by atoms with Gasteiger partial charge in [0.25, 0.3) is 0 Å². The molecule has 0 amide bonds. The molecule has 0 radical (unpaired) electrons. The van der Waals surface area contributed by atoms with Crippen molar-refractivity contribution in [3.63, 3.8) is 0 Å². The van der Waals surface area contributed by atoms with Crippen LogP contribution in [0.25, 0.3) is 10.9 Å². The Morgan fingerprint density at radius 3 is 2.37 bits per heavy atom. The molecule has 0 saturated carbocycles. The van der Waals surface area contributed by atoms with E-state index in [9.17, 15) is 0 Å². The molecule has 12 heteroatoms. The summed E-state index contributed by atoms with van der Waals surface area (Å²) < 4.78 is 26.9. The Morgan fingerprint density at radius 2 is 1.70 bits per heavy atom. The van der Waals surface area contributed by atoms with E-state index in [1.165, 1.54) is 18.5 Å². The molecule has 2 aliphatic rings. The second-order valence-corrected chi connectivity index (χ2v) is 10.8. The highest BCUT2D eigenvalue weighted by molar-refractivity contribution is 5.95. The maximum atomic E-state index is 15.3. The van der Waals surface area contributed by atoms with Crippen molar-refractivity contribution in [1.29, 1.82) is 0 Å². The van der Waals surface area contributed by atoms with Crippen molar-refractivity contribution in [2.45, 2.75) is 31.7 Å². The number of aliphatic hydroxyl groups is 1. The summed E-state index contributed by atoms with van der Waals surface area (Å²) >= 11 is 0. The molecule has 244 valence electrons. The van der Waals surface area contributed by atoms with E-state index < -0.39 is 5.82 Å². The first-order chi connectivity index (χ1) is 22.5. The van der Waals surface area contributed by atoms with Crippen LogP contribution in [0.5, 0.6) is 17.2 Å². The molecule has 0 atom stereocenters. The van der Waals surface area contributed by atoms with Gasteiger partial charge in [0.2, 0.25) is 0 Å². The molecule has 2 fully saturated rings. The lowest BCUT2D eigenvalue weighted by Crippen LogP contribution is -2.36. The van der Waals surface area contributed by atoms with Crippen molar-refractivity contribution >= 4 is 40.2 Å². The number of anilines is 4. The molecule has 4 aromatic rings. The number of aldehydes is 1. The van der Waals surface area contributed by atoms with Crippen LogP contribution in [0.4, 0.5) is 27.4 Å². The second kappa shape index (κ2) is 17.0. The number of pyridine rings is 1. The van der Waals surface area contributed by atoms with Crippen molar-refractivity contribution in [3.05, 3.63) is 73.5 Å². The molecule has 6 rings (SSSR count). The number of ether oxygens (including phenoxy) is 2. The SMILES string of the molecule is C=CC=O.CO.COc1cc2ncnc(Nc3ccc(Oc4ccnc(N5CCCC5)c4)cc3F)c2cc1NC1CCN(C)CC1. The molecule has 0 spiro atoms. The number of methoxy groups -OCH3 is 1. The summed E-state index contributed by atoms with van der Waals surface area (Å²) in [5, 5.41) is 14.6. The largest absolute Gasteiger partial charge is 0.495 e. The molecular formula is C34H42FN7O4. The van der Waals surface area contributed by atoms with E-state index in [1.807, 2.05) is 18.2 Å². The van der Waals surface area contributed by atoms with Crippen LogP contribution in [-0.2, 0) is 4.79 Å². The third-order valence-corrected chi connectivity index (χ3v) is 7.71. The molecular weight excluding hydrogens is 589 g/mol. The summed E-state index contributed by atoms with van der Waals surface area (Å²) in [6.45, 7) is 7.18. The van der Waals surface area contributed by atoms with Gasteiger partial charge in [-0.2, -0.15) is 0 Å². The van der Waals surface area contributed by atoms with Gasteiger partial charge in [-0.05, 0) is 76.2 Å². The molecule has 3 N–H and O–H groups in total. The molecule has 46 heavy (non-hydrogen) atoms. The van der Waals surface area contributed by atoms with E-state index in [4.69, 9.17) is 19.4 Å². The zero-order valence-corrected chi connectivity index (χ0v) is 26.6. The lowest BCUT2D eigenvalue weighted by atomic mass is 10.0. The first-order valence-corrected chi connectivity index (χ1v) is 15.2. The summed E-state index contributed by atoms with van der Waals surface area (Å²) in [6, 6.07) is 12.7. The van der Waals surface area contributed by atoms with E-state index in [0.717, 1.165) is 75.9 Å². The highest BCUT2D eigenvalue weighted by Crippen LogP contribution is 2.35. The molecule has 2 aromatic heterocycles. The van der Waals surface area contributed by atoms with Crippen LogP contribution in [0.3, 0.4) is 0 Å². The van der Waals surface area contributed by atoms with Gasteiger partial charge >= 0.3 is 0 Å². The zero-order chi connectivity index (χ0) is 32.9. The Balaban J connectivity index is 0.000000744. The number of fused-ring (bicyclic) bond motifs is 1. The van der Waals surface area contributed by atoms with Gasteiger partial charge in [-0.25, -0.2) is 19.3 Å². The number of piperidine rings is 1. The Kier molecular flexibility index (Phi) is 12.6. The Hall–Kier alpha value is -4.81. The van der Waals surface area contributed by atoms with Gasteiger partial charge in [-0.15, -0.1) is 0 Å². The summed E-state index contributed by atoms with van der Waals surface area (Å²) in [6.07, 6.45) is 9.44. The van der Waals surface area contributed by atoms with Crippen molar-refractivity contribution in [3.8, 4) is 17.2 Å². The van der Waals surface area contributed by atoms with Crippen molar-refractivity contribution in [2.24, 2.45) is 0 Å². The minimum absolute atomic E-state index is 0.292. The van der Waals surface area contributed by atoms with E-state index in [2.05, 4.69) is 49.0 Å². The molecule has 0 aliphatic carbocycles. The van der Waals surface area contributed by atoms with Gasteiger partial charge in [0.05, 0.1) is 24.0 Å². The molecule has 0 bridgehead atoms. The van der Waals surface area contributed by atoms with Crippen LogP contribution in [0, 0.1) is 5.82 Å². The highest BCUT2D eigenvalue weighted by atomic mass is 19.1. The number of benzene rings is 2. The maximum absolute atomic E-state index is 15.3. The number of allylic oxidation sites excluding steroid dienone is 1. The third kappa shape index (κ3) is 8.89. The number of hydrogen-bond acceptors (Lipinski definition) is 11. The maximum Gasteiger partial charge on any atom is 0.150 e. The average molecular weight is 632 g/mol. The monoisotopic (exact) mass is 631 g/mol. The lowest BCUT2D eigenvalue weighted by Gasteiger charge is -2.30. The van der Waals surface area contributed by atoms with Crippen LogP contribution >= 0.6 is 0 Å². The Labute approximate surface area is 269 Å². The number of aliphatic hydroxyl groups excluding tert-OH is 1. The van der Waals surface area contributed by atoms with Crippen LogP contribution in [0.2, 0.25) is 0 Å². The van der Waals surface area contributed by atoms with Crippen LogP contribution in [0.1, 0.15) is 25.7 Å². The first-order valence-electron chi connectivity index (χ1n) is 15.2. The minimum Gasteiger partial charge on any atom is -0.495 e. The standard InChI is InChI=1S/C30H34FN7O2.C3H4O.CH4O/c1-37-13-8-20(9-14-37)35-27-17-23-26(18-28(27)39-2)33-19-34-30(23)36-25-6-5-21(15-24(25)31)40-22-7-10-32-29(16-22)38-11-3-4-12-38;1-2-3-4;1-2/h5-7,10,15-20,35H,3-4,8-9,11-14H2,1-2H3,(H,33,34,36);2-3H,1H2;2H,1H3. The van der Waals surface area contributed by atoms with Crippen LogP contribution < -0.4 is 25.0 Å². The predicted molar refractivity (Wildman–Crippen MR) is 180 cm³/mol. The highest BCUT2D eigenvalue weighted by Gasteiger charge is 2.20. The smallest absolute Gasteiger partial charge is 0.150 e. The van der Waals surface area contributed by atoms with Crippen molar-refractivity contribution < 1.29 is 23.8 Å².